The minimum Gasteiger partial charge on any atom is -0.484 e. The second-order valence-corrected chi connectivity index (χ2v) is 6.57. The van der Waals surface area contributed by atoms with Crippen molar-refractivity contribution in [3.63, 3.8) is 0 Å². The Bertz CT molecular complexity index is 679. The highest BCUT2D eigenvalue weighted by Crippen LogP contribution is 2.19. The Kier molecular flexibility index (Phi) is 7.95. The summed E-state index contributed by atoms with van der Waals surface area (Å²) in [6, 6.07) is 6.58. The molecule has 0 bridgehead atoms. The first kappa shape index (κ1) is 21.8. The van der Waals surface area contributed by atoms with Crippen molar-refractivity contribution in [2.45, 2.75) is 45.5 Å². The summed E-state index contributed by atoms with van der Waals surface area (Å²) >= 11 is 0. The number of alkyl halides is 3. The largest absolute Gasteiger partial charge is 0.484 e. The van der Waals surface area contributed by atoms with Gasteiger partial charge in [-0.3, -0.25) is 4.79 Å². The average molecular weight is 400 g/mol. The van der Waals surface area contributed by atoms with Crippen LogP contribution in [0, 0.1) is 0 Å². The van der Waals surface area contributed by atoms with E-state index >= 15 is 0 Å². The molecular weight excluding hydrogens is 373 g/mol. The number of ether oxygens (including phenoxy) is 1. The van der Waals surface area contributed by atoms with Crippen molar-refractivity contribution >= 4 is 11.9 Å². The van der Waals surface area contributed by atoms with Gasteiger partial charge in [-0.05, 0) is 31.0 Å². The van der Waals surface area contributed by atoms with Gasteiger partial charge in [-0.2, -0.15) is 13.2 Å². The lowest BCUT2D eigenvalue weighted by Gasteiger charge is -2.18. The Hall–Kier alpha value is -2.45. The van der Waals surface area contributed by atoms with Crippen LogP contribution >= 0.6 is 0 Å². The lowest BCUT2D eigenvalue weighted by molar-refractivity contribution is -0.153. The minimum atomic E-state index is -4.37. The van der Waals surface area contributed by atoms with Gasteiger partial charge in [-0.25, -0.2) is 4.99 Å². The van der Waals surface area contributed by atoms with E-state index in [-0.39, 0.29) is 17.7 Å². The van der Waals surface area contributed by atoms with Gasteiger partial charge in [-0.1, -0.05) is 19.1 Å². The lowest BCUT2D eigenvalue weighted by Crippen LogP contribution is -2.45. The monoisotopic (exact) mass is 400 g/mol. The van der Waals surface area contributed by atoms with Crippen LogP contribution in [0.15, 0.2) is 29.3 Å². The third-order valence-electron chi connectivity index (χ3n) is 4.25. The van der Waals surface area contributed by atoms with Crippen LogP contribution in [0.3, 0.4) is 0 Å². The smallest absolute Gasteiger partial charge is 0.422 e. The summed E-state index contributed by atoms with van der Waals surface area (Å²) < 4.78 is 41.6. The highest BCUT2D eigenvalue weighted by atomic mass is 19.4. The van der Waals surface area contributed by atoms with E-state index in [9.17, 15) is 18.0 Å². The van der Waals surface area contributed by atoms with Gasteiger partial charge in [0.1, 0.15) is 5.75 Å². The summed E-state index contributed by atoms with van der Waals surface area (Å²) in [5, 5.41) is 6.47. The van der Waals surface area contributed by atoms with Crippen LogP contribution in [0.4, 0.5) is 13.2 Å². The van der Waals surface area contributed by atoms with Gasteiger partial charge in [0.2, 0.25) is 5.91 Å². The number of hydrogen-bond acceptors (Lipinski definition) is 3. The van der Waals surface area contributed by atoms with E-state index in [1.807, 2.05) is 18.7 Å². The van der Waals surface area contributed by atoms with Crippen LogP contribution in [0.2, 0.25) is 0 Å². The number of carbonyl (C=O) groups excluding carboxylic acids is 1. The third-order valence-corrected chi connectivity index (χ3v) is 4.25. The first-order chi connectivity index (χ1) is 13.3. The van der Waals surface area contributed by atoms with Gasteiger partial charge in [0.25, 0.3) is 0 Å². The number of carbonyl (C=O) groups is 1. The normalized spacial score (nSPS) is 17.5. The van der Waals surface area contributed by atoms with Gasteiger partial charge in [0, 0.05) is 32.1 Å². The number of likely N-dealkylation sites (tertiary alicyclic amines) is 1. The molecule has 1 atom stereocenters. The second kappa shape index (κ2) is 10.2. The van der Waals surface area contributed by atoms with Gasteiger partial charge in [0.05, 0.1) is 6.54 Å². The molecule has 0 spiro atoms. The molecule has 0 radical (unpaired) electrons. The number of nitrogens with zero attached hydrogens (tertiary/aromatic N) is 2. The molecule has 9 heteroatoms. The van der Waals surface area contributed by atoms with Crippen molar-refractivity contribution in [1.82, 2.24) is 15.5 Å². The summed E-state index contributed by atoms with van der Waals surface area (Å²) in [4.78, 5) is 18.1. The number of rotatable bonds is 7. The molecule has 1 aliphatic rings. The zero-order valence-electron chi connectivity index (χ0n) is 16.2. The molecule has 2 N–H and O–H groups in total. The zero-order chi connectivity index (χ0) is 20.6. The van der Waals surface area contributed by atoms with Gasteiger partial charge in [-0.15, -0.1) is 0 Å². The number of aliphatic imine (C=N–C) groups is 1. The molecule has 0 aromatic heterocycles. The Balaban J connectivity index is 1.94. The molecule has 6 nitrogen and oxygen atoms in total. The molecule has 1 unspecified atom stereocenters. The quantitative estimate of drug-likeness (QED) is 0.546. The number of nitrogens with one attached hydrogen (secondary N) is 2. The van der Waals surface area contributed by atoms with Crippen molar-refractivity contribution in [3.05, 3.63) is 29.8 Å². The lowest BCUT2D eigenvalue weighted by atomic mass is 10.2. The van der Waals surface area contributed by atoms with Crippen LogP contribution in [0.1, 0.15) is 32.3 Å². The average Bonchev–Trinajstić information content (AvgIpc) is 3.12. The Morgan fingerprint density at radius 3 is 2.82 bits per heavy atom. The molecule has 1 heterocycles. The fourth-order valence-corrected chi connectivity index (χ4v) is 2.91. The number of benzene rings is 1. The Morgan fingerprint density at radius 1 is 1.36 bits per heavy atom. The molecule has 28 heavy (non-hydrogen) atoms. The van der Waals surface area contributed by atoms with Crippen LogP contribution in [0.25, 0.3) is 0 Å². The van der Waals surface area contributed by atoms with E-state index in [4.69, 9.17) is 4.74 Å². The van der Waals surface area contributed by atoms with E-state index in [0.29, 0.717) is 32.0 Å². The van der Waals surface area contributed by atoms with Crippen LogP contribution in [-0.2, 0) is 11.3 Å². The van der Waals surface area contributed by atoms with Crippen molar-refractivity contribution < 1.29 is 22.7 Å². The molecule has 156 valence electrons. The van der Waals surface area contributed by atoms with Crippen molar-refractivity contribution in [2.24, 2.45) is 4.99 Å². The molecular formula is C19H27F3N4O2. The highest BCUT2D eigenvalue weighted by Gasteiger charge is 2.28. The fraction of sp³-hybridized carbons (Fsp3) is 0.579. The maximum Gasteiger partial charge on any atom is 0.422 e. The predicted molar refractivity (Wildman–Crippen MR) is 101 cm³/mol. The number of halogens is 3. The van der Waals surface area contributed by atoms with Gasteiger partial charge in [0.15, 0.2) is 12.6 Å². The number of guanidine groups is 1. The molecule has 1 aliphatic heterocycles. The van der Waals surface area contributed by atoms with Crippen LogP contribution in [0.5, 0.6) is 5.75 Å². The number of amides is 1. The van der Waals surface area contributed by atoms with E-state index in [0.717, 1.165) is 18.5 Å². The van der Waals surface area contributed by atoms with Crippen molar-refractivity contribution in [2.75, 3.05) is 26.2 Å². The SMILES string of the molecule is CCNC(=NCc1cccc(OCC(F)(F)F)c1)NC1CCN(C(=O)CC)C1. The zero-order valence-corrected chi connectivity index (χ0v) is 16.2. The van der Waals surface area contributed by atoms with E-state index in [1.54, 1.807) is 18.2 Å². The molecule has 1 aromatic carbocycles. The van der Waals surface area contributed by atoms with Crippen molar-refractivity contribution in [3.8, 4) is 5.75 Å². The molecule has 0 saturated carbocycles. The first-order valence-electron chi connectivity index (χ1n) is 9.41. The predicted octanol–water partition coefficient (Wildman–Crippen LogP) is 2.69. The molecule has 0 aliphatic carbocycles. The first-order valence-corrected chi connectivity index (χ1v) is 9.41. The summed E-state index contributed by atoms with van der Waals surface area (Å²) in [5.74, 6) is 0.911. The minimum absolute atomic E-state index is 0.120. The van der Waals surface area contributed by atoms with Crippen LogP contribution in [-0.4, -0.2) is 55.2 Å². The van der Waals surface area contributed by atoms with Gasteiger partial charge < -0.3 is 20.3 Å². The summed E-state index contributed by atoms with van der Waals surface area (Å²) in [7, 11) is 0. The summed E-state index contributed by atoms with van der Waals surface area (Å²) in [6.07, 6.45) is -3.03. The Labute approximate surface area is 163 Å². The molecule has 1 fully saturated rings. The topological polar surface area (TPSA) is 66.0 Å². The molecule has 1 saturated heterocycles. The van der Waals surface area contributed by atoms with E-state index in [1.165, 1.54) is 6.07 Å². The molecule has 2 rings (SSSR count). The highest BCUT2D eigenvalue weighted by molar-refractivity contribution is 5.80. The fourth-order valence-electron chi connectivity index (χ4n) is 2.91. The second-order valence-electron chi connectivity index (χ2n) is 6.57. The summed E-state index contributed by atoms with van der Waals surface area (Å²) in [5.41, 5.74) is 0.742. The number of hydrogen-bond donors (Lipinski definition) is 2. The van der Waals surface area contributed by atoms with Crippen molar-refractivity contribution in [1.29, 1.82) is 0 Å². The standard InChI is InChI=1S/C19H27F3N4O2/c1-3-17(27)26-9-8-15(12-26)25-18(23-4-2)24-11-14-6-5-7-16(10-14)28-13-19(20,21)22/h5-7,10,15H,3-4,8-9,11-13H2,1-2H3,(H2,23,24,25). The van der Waals surface area contributed by atoms with Crippen LogP contribution < -0.4 is 15.4 Å². The Morgan fingerprint density at radius 2 is 2.14 bits per heavy atom. The molecule has 1 aromatic rings. The maximum atomic E-state index is 12.3. The molecule has 1 amide bonds. The third kappa shape index (κ3) is 7.28. The maximum absolute atomic E-state index is 12.3. The van der Waals surface area contributed by atoms with Gasteiger partial charge >= 0.3 is 6.18 Å². The van der Waals surface area contributed by atoms with E-state index < -0.39 is 12.8 Å². The van der Waals surface area contributed by atoms with E-state index in [2.05, 4.69) is 15.6 Å². The summed E-state index contributed by atoms with van der Waals surface area (Å²) in [6.45, 7) is 4.80.